The van der Waals surface area contributed by atoms with E-state index in [9.17, 15) is 14.0 Å². The van der Waals surface area contributed by atoms with Crippen molar-refractivity contribution in [3.63, 3.8) is 0 Å². The lowest BCUT2D eigenvalue weighted by molar-refractivity contribution is -0.126. The van der Waals surface area contributed by atoms with Crippen LogP contribution >= 0.6 is 11.6 Å². The maximum absolute atomic E-state index is 13.0. The number of carbonyl (C=O) groups is 2. The molecule has 1 unspecified atom stereocenters. The highest BCUT2D eigenvalue weighted by molar-refractivity contribution is 6.33. The molecule has 0 fully saturated rings. The predicted octanol–water partition coefficient (Wildman–Crippen LogP) is 3.61. The number of rotatable bonds is 3. The van der Waals surface area contributed by atoms with Gasteiger partial charge in [0.25, 0.3) is 5.91 Å². The standard InChI is InChI=1S/C18H15ClFNO3/c1-11(24-18(23)14-7-6-13(20)10-15(14)19)17(22)21-9-8-12-4-2-3-5-16(12)21/h2-7,10-11H,8-9H2,1H3. The van der Waals surface area contributed by atoms with E-state index in [4.69, 9.17) is 16.3 Å². The molecule has 124 valence electrons. The summed E-state index contributed by atoms with van der Waals surface area (Å²) in [6.07, 6.45) is -0.198. The average molecular weight is 348 g/mol. The van der Waals surface area contributed by atoms with Gasteiger partial charge < -0.3 is 9.64 Å². The number of ether oxygens (including phenoxy) is 1. The molecular formula is C18H15ClFNO3. The lowest BCUT2D eigenvalue weighted by atomic mass is 10.2. The van der Waals surface area contributed by atoms with Crippen molar-refractivity contribution in [1.82, 2.24) is 0 Å². The number of amides is 1. The molecule has 6 heteroatoms. The summed E-state index contributed by atoms with van der Waals surface area (Å²) in [4.78, 5) is 26.3. The summed E-state index contributed by atoms with van der Waals surface area (Å²) in [5.74, 6) is -1.60. The van der Waals surface area contributed by atoms with Crippen molar-refractivity contribution in [1.29, 1.82) is 0 Å². The van der Waals surface area contributed by atoms with Gasteiger partial charge in [-0.25, -0.2) is 9.18 Å². The lowest BCUT2D eigenvalue weighted by Gasteiger charge is -2.21. The summed E-state index contributed by atoms with van der Waals surface area (Å²) in [6, 6.07) is 11.0. The lowest BCUT2D eigenvalue weighted by Crippen LogP contribution is -2.39. The Hall–Kier alpha value is -2.40. The van der Waals surface area contributed by atoms with Crippen LogP contribution in [0.1, 0.15) is 22.8 Å². The molecule has 0 aromatic heterocycles. The molecule has 3 rings (SSSR count). The van der Waals surface area contributed by atoms with Gasteiger partial charge in [-0.3, -0.25) is 4.79 Å². The molecule has 0 bridgehead atoms. The number of hydrogen-bond donors (Lipinski definition) is 0. The first-order valence-corrected chi connectivity index (χ1v) is 7.90. The van der Waals surface area contributed by atoms with E-state index in [1.807, 2.05) is 24.3 Å². The van der Waals surface area contributed by atoms with E-state index < -0.39 is 17.9 Å². The third-order valence-corrected chi connectivity index (χ3v) is 4.25. The molecule has 1 aliphatic rings. The van der Waals surface area contributed by atoms with Crippen LogP contribution in [-0.2, 0) is 16.0 Å². The quantitative estimate of drug-likeness (QED) is 0.797. The fourth-order valence-electron chi connectivity index (χ4n) is 2.72. The van der Waals surface area contributed by atoms with Crippen molar-refractivity contribution in [3.8, 4) is 0 Å². The van der Waals surface area contributed by atoms with Gasteiger partial charge in [0, 0.05) is 12.2 Å². The van der Waals surface area contributed by atoms with Gasteiger partial charge in [-0.15, -0.1) is 0 Å². The summed E-state index contributed by atoms with van der Waals surface area (Å²) in [7, 11) is 0. The van der Waals surface area contributed by atoms with Crippen LogP contribution in [0.3, 0.4) is 0 Å². The van der Waals surface area contributed by atoms with E-state index >= 15 is 0 Å². The van der Waals surface area contributed by atoms with Crippen molar-refractivity contribution in [2.24, 2.45) is 0 Å². The van der Waals surface area contributed by atoms with Gasteiger partial charge in [0.1, 0.15) is 5.82 Å². The Kier molecular flexibility index (Phi) is 4.53. The Morgan fingerprint density at radius 3 is 2.75 bits per heavy atom. The van der Waals surface area contributed by atoms with Crippen LogP contribution in [-0.4, -0.2) is 24.5 Å². The summed E-state index contributed by atoms with van der Waals surface area (Å²) >= 11 is 5.85. The van der Waals surface area contributed by atoms with Crippen molar-refractivity contribution in [2.45, 2.75) is 19.4 Å². The number of hydrogen-bond acceptors (Lipinski definition) is 3. The summed E-state index contributed by atoms with van der Waals surface area (Å²) in [5.41, 5.74) is 1.95. The normalized spacial score (nSPS) is 14.2. The maximum Gasteiger partial charge on any atom is 0.340 e. The van der Waals surface area contributed by atoms with Crippen LogP contribution in [0.5, 0.6) is 0 Å². The third-order valence-electron chi connectivity index (χ3n) is 3.94. The first-order valence-electron chi connectivity index (χ1n) is 7.52. The number of fused-ring (bicyclic) bond motifs is 1. The van der Waals surface area contributed by atoms with Crippen LogP contribution < -0.4 is 4.90 Å². The first kappa shape index (κ1) is 16.5. The largest absolute Gasteiger partial charge is 0.449 e. The molecule has 1 aliphatic heterocycles. The number of benzene rings is 2. The molecular weight excluding hydrogens is 333 g/mol. The van der Waals surface area contributed by atoms with Gasteiger partial charge in [-0.05, 0) is 43.2 Å². The van der Waals surface area contributed by atoms with Crippen LogP contribution in [0.25, 0.3) is 0 Å². The van der Waals surface area contributed by atoms with Gasteiger partial charge in [-0.2, -0.15) is 0 Å². The number of carbonyl (C=O) groups excluding carboxylic acids is 2. The van der Waals surface area contributed by atoms with Gasteiger partial charge in [-0.1, -0.05) is 29.8 Å². The number of nitrogens with zero attached hydrogens (tertiary/aromatic N) is 1. The smallest absolute Gasteiger partial charge is 0.340 e. The number of anilines is 1. The zero-order chi connectivity index (χ0) is 17.3. The van der Waals surface area contributed by atoms with E-state index in [1.165, 1.54) is 13.0 Å². The predicted molar refractivity (Wildman–Crippen MR) is 88.8 cm³/mol. The maximum atomic E-state index is 13.0. The van der Waals surface area contributed by atoms with Crippen molar-refractivity contribution in [3.05, 3.63) is 64.4 Å². The zero-order valence-electron chi connectivity index (χ0n) is 13.0. The van der Waals surface area contributed by atoms with Crippen molar-refractivity contribution < 1.29 is 18.7 Å². The third kappa shape index (κ3) is 3.12. The minimum atomic E-state index is -0.968. The molecule has 0 saturated carbocycles. The van der Waals surface area contributed by atoms with Crippen molar-refractivity contribution in [2.75, 3.05) is 11.4 Å². The fourth-order valence-corrected chi connectivity index (χ4v) is 2.96. The topological polar surface area (TPSA) is 46.6 Å². The molecule has 1 heterocycles. The molecule has 1 amide bonds. The molecule has 0 radical (unpaired) electrons. The Morgan fingerprint density at radius 2 is 2.00 bits per heavy atom. The molecule has 0 spiro atoms. The number of halogens is 2. The Bertz CT molecular complexity index is 809. The summed E-state index contributed by atoms with van der Waals surface area (Å²) in [6.45, 7) is 2.07. The zero-order valence-corrected chi connectivity index (χ0v) is 13.7. The van der Waals surface area contributed by atoms with Gasteiger partial charge in [0.05, 0.1) is 10.6 Å². The van der Waals surface area contributed by atoms with E-state index in [2.05, 4.69) is 0 Å². The minimum Gasteiger partial charge on any atom is -0.449 e. The second kappa shape index (κ2) is 6.61. The van der Waals surface area contributed by atoms with Gasteiger partial charge in [0.15, 0.2) is 6.10 Å². The Morgan fingerprint density at radius 1 is 1.25 bits per heavy atom. The molecule has 24 heavy (non-hydrogen) atoms. The van der Waals surface area contributed by atoms with E-state index in [1.54, 1.807) is 4.90 Å². The summed E-state index contributed by atoms with van der Waals surface area (Å²) < 4.78 is 18.3. The molecule has 2 aromatic rings. The first-order chi connectivity index (χ1) is 11.5. The summed E-state index contributed by atoms with van der Waals surface area (Å²) in [5, 5.41) is -0.0498. The second-order valence-corrected chi connectivity index (χ2v) is 5.95. The Balaban J connectivity index is 1.72. The van der Waals surface area contributed by atoms with Crippen LogP contribution in [0, 0.1) is 5.82 Å². The van der Waals surface area contributed by atoms with E-state index in [0.717, 1.165) is 29.8 Å². The fraction of sp³-hybridized carbons (Fsp3) is 0.222. The molecule has 4 nitrogen and oxygen atoms in total. The molecule has 2 aromatic carbocycles. The highest BCUT2D eigenvalue weighted by atomic mass is 35.5. The minimum absolute atomic E-state index is 0.0274. The highest BCUT2D eigenvalue weighted by Gasteiger charge is 2.30. The number of para-hydroxylation sites is 1. The molecule has 0 aliphatic carbocycles. The highest BCUT2D eigenvalue weighted by Crippen LogP contribution is 2.28. The molecule has 1 atom stereocenters. The van der Waals surface area contributed by atoms with Gasteiger partial charge in [0.2, 0.25) is 0 Å². The van der Waals surface area contributed by atoms with Crippen molar-refractivity contribution >= 4 is 29.2 Å². The Labute approximate surface area is 143 Å². The van der Waals surface area contributed by atoms with E-state index in [0.29, 0.717) is 6.54 Å². The van der Waals surface area contributed by atoms with E-state index in [-0.39, 0.29) is 16.5 Å². The SMILES string of the molecule is CC(OC(=O)c1ccc(F)cc1Cl)C(=O)N1CCc2ccccc21. The van der Waals surface area contributed by atoms with Crippen LogP contribution in [0.2, 0.25) is 5.02 Å². The monoisotopic (exact) mass is 347 g/mol. The average Bonchev–Trinajstić information content (AvgIpc) is 2.97. The number of esters is 1. The van der Waals surface area contributed by atoms with Crippen LogP contribution in [0.15, 0.2) is 42.5 Å². The molecule has 0 saturated heterocycles. The van der Waals surface area contributed by atoms with Crippen LogP contribution in [0.4, 0.5) is 10.1 Å². The van der Waals surface area contributed by atoms with Gasteiger partial charge >= 0.3 is 5.97 Å². The second-order valence-electron chi connectivity index (χ2n) is 5.54. The molecule has 0 N–H and O–H groups in total.